The van der Waals surface area contributed by atoms with Gasteiger partial charge in [0.05, 0.1) is 25.5 Å². The number of benzene rings is 1. The van der Waals surface area contributed by atoms with Crippen LogP contribution in [0.4, 0.5) is 5.13 Å². The number of aryl methyl sites for hydroxylation is 1. The molecule has 2 N–H and O–H groups in total. The molecule has 6 nitrogen and oxygen atoms in total. The second kappa shape index (κ2) is 8.62. The fourth-order valence-electron chi connectivity index (χ4n) is 2.68. The summed E-state index contributed by atoms with van der Waals surface area (Å²) < 4.78 is 10.7. The van der Waals surface area contributed by atoms with E-state index in [0.29, 0.717) is 18.3 Å². The lowest BCUT2D eigenvalue weighted by molar-refractivity contribution is -0.123. The highest BCUT2D eigenvalue weighted by atomic mass is 35.5. The van der Waals surface area contributed by atoms with Crippen LogP contribution in [0.1, 0.15) is 11.8 Å². The third-order valence-corrected chi connectivity index (χ3v) is 4.88. The van der Waals surface area contributed by atoms with Crippen LogP contribution in [-0.2, 0) is 9.53 Å². The number of ether oxygens (including phenoxy) is 2. The topological polar surface area (TPSA) is 72.5 Å². The van der Waals surface area contributed by atoms with Gasteiger partial charge in [0.15, 0.2) is 5.13 Å². The molecular weight excluding hydrogens is 362 g/mol. The first-order valence-corrected chi connectivity index (χ1v) is 8.68. The summed E-state index contributed by atoms with van der Waals surface area (Å²) in [5, 5.41) is 6.68. The molecule has 1 amide bonds. The van der Waals surface area contributed by atoms with Crippen molar-refractivity contribution in [3.63, 3.8) is 0 Å². The number of halogens is 1. The zero-order valence-corrected chi connectivity index (χ0v) is 16.0. The van der Waals surface area contributed by atoms with Crippen LogP contribution >= 0.6 is 23.7 Å². The molecule has 0 spiro atoms. The van der Waals surface area contributed by atoms with E-state index in [-0.39, 0.29) is 30.5 Å². The minimum atomic E-state index is -0.354. The maximum atomic E-state index is 12.4. The van der Waals surface area contributed by atoms with E-state index in [2.05, 4.69) is 15.6 Å². The predicted octanol–water partition coefficient (Wildman–Crippen LogP) is 2.86. The molecule has 1 aromatic carbocycles. The van der Waals surface area contributed by atoms with Crippen LogP contribution in [0, 0.1) is 6.92 Å². The average Bonchev–Trinajstić information content (AvgIpc) is 2.95. The molecule has 1 aliphatic heterocycles. The Morgan fingerprint density at radius 1 is 1.40 bits per heavy atom. The van der Waals surface area contributed by atoms with Gasteiger partial charge < -0.3 is 20.1 Å². The van der Waals surface area contributed by atoms with Gasteiger partial charge in [-0.15, -0.1) is 23.7 Å². The molecule has 8 heteroatoms. The summed E-state index contributed by atoms with van der Waals surface area (Å²) in [6.07, 6.45) is -0.152. The van der Waals surface area contributed by atoms with Crippen LogP contribution in [0.25, 0.3) is 11.3 Å². The molecule has 1 aromatic heterocycles. The van der Waals surface area contributed by atoms with Crippen LogP contribution in [0.3, 0.4) is 0 Å². The summed E-state index contributed by atoms with van der Waals surface area (Å²) >= 11 is 1.47. The van der Waals surface area contributed by atoms with Crippen LogP contribution in [0.15, 0.2) is 24.3 Å². The predicted molar refractivity (Wildman–Crippen MR) is 102 cm³/mol. The van der Waals surface area contributed by atoms with Gasteiger partial charge in [-0.1, -0.05) is 0 Å². The number of thiazole rings is 1. The van der Waals surface area contributed by atoms with Crippen LogP contribution in [0.2, 0.25) is 0 Å². The third-order valence-electron chi connectivity index (χ3n) is 3.99. The Bertz CT molecular complexity index is 720. The lowest BCUT2D eigenvalue weighted by Crippen LogP contribution is -2.53. The largest absolute Gasteiger partial charge is 0.497 e. The first-order chi connectivity index (χ1) is 11.6. The van der Waals surface area contributed by atoms with Crippen molar-refractivity contribution in [2.45, 2.75) is 26.0 Å². The van der Waals surface area contributed by atoms with Crippen LogP contribution in [-0.4, -0.2) is 43.3 Å². The zero-order chi connectivity index (χ0) is 17.1. The third kappa shape index (κ3) is 4.49. The Morgan fingerprint density at radius 3 is 2.76 bits per heavy atom. The molecule has 0 bridgehead atoms. The highest BCUT2D eigenvalue weighted by molar-refractivity contribution is 7.16. The summed E-state index contributed by atoms with van der Waals surface area (Å²) in [5.41, 5.74) is 1.87. The average molecular weight is 384 g/mol. The molecule has 1 aliphatic rings. The summed E-state index contributed by atoms with van der Waals surface area (Å²) in [6, 6.07) is 7.37. The molecule has 25 heavy (non-hydrogen) atoms. The van der Waals surface area contributed by atoms with Gasteiger partial charge in [0.2, 0.25) is 5.91 Å². The Morgan fingerprint density at radius 2 is 2.12 bits per heavy atom. The maximum absolute atomic E-state index is 12.4. The second-order valence-electron chi connectivity index (χ2n) is 5.65. The van der Waals surface area contributed by atoms with E-state index in [0.717, 1.165) is 21.9 Å². The van der Waals surface area contributed by atoms with E-state index in [1.54, 1.807) is 7.11 Å². The molecule has 2 heterocycles. The summed E-state index contributed by atoms with van der Waals surface area (Å²) in [4.78, 5) is 18.0. The second-order valence-corrected chi connectivity index (χ2v) is 6.85. The van der Waals surface area contributed by atoms with E-state index in [9.17, 15) is 4.79 Å². The lowest BCUT2D eigenvalue weighted by atomic mass is 10.1. The van der Waals surface area contributed by atoms with E-state index in [1.807, 2.05) is 38.1 Å². The standard InChI is InChI=1S/C17H21N3O3S.ClH/c1-10-14(18-8-9-23-10)16(21)20-17-19-15(11(2)24-17)12-4-6-13(22-3)7-5-12;/h4-7,10,14,18H,8-9H2,1-3H3,(H,19,20,21);1H/t10-,14+;/m1./s1. The number of hydrogen-bond acceptors (Lipinski definition) is 6. The number of nitrogens with one attached hydrogen (secondary N) is 2. The molecule has 136 valence electrons. The molecule has 1 fully saturated rings. The SMILES string of the molecule is COc1ccc(-c2nc(NC(=O)[C@H]3NCCO[C@@H]3C)sc2C)cc1.Cl. The van der Waals surface area contributed by atoms with Gasteiger partial charge in [0.25, 0.3) is 0 Å². The number of carbonyl (C=O) groups excluding carboxylic acids is 1. The minimum Gasteiger partial charge on any atom is -0.497 e. The van der Waals surface area contributed by atoms with E-state index in [1.165, 1.54) is 11.3 Å². The number of aromatic nitrogens is 1. The fraction of sp³-hybridized carbons (Fsp3) is 0.412. The highest BCUT2D eigenvalue weighted by Crippen LogP contribution is 2.31. The quantitative estimate of drug-likeness (QED) is 0.849. The Kier molecular flexibility index (Phi) is 6.78. The van der Waals surface area contributed by atoms with Crippen molar-refractivity contribution >= 4 is 34.8 Å². The number of anilines is 1. The monoisotopic (exact) mass is 383 g/mol. The molecule has 0 saturated carbocycles. The van der Waals surface area contributed by atoms with Gasteiger partial charge in [0, 0.05) is 17.0 Å². The number of rotatable bonds is 4. The molecule has 2 atom stereocenters. The number of nitrogens with zero attached hydrogens (tertiary/aromatic N) is 1. The summed E-state index contributed by atoms with van der Waals surface area (Å²) in [6.45, 7) is 5.20. The normalized spacial score (nSPS) is 19.8. The van der Waals surface area contributed by atoms with E-state index < -0.39 is 0 Å². The first-order valence-electron chi connectivity index (χ1n) is 7.86. The molecule has 2 aromatic rings. The maximum Gasteiger partial charge on any atom is 0.245 e. The Hall–Kier alpha value is -1.67. The van der Waals surface area contributed by atoms with Crippen molar-refractivity contribution in [3.05, 3.63) is 29.1 Å². The highest BCUT2D eigenvalue weighted by Gasteiger charge is 2.29. The number of methoxy groups -OCH3 is 1. The van der Waals surface area contributed by atoms with E-state index in [4.69, 9.17) is 9.47 Å². The summed E-state index contributed by atoms with van der Waals surface area (Å²) in [7, 11) is 1.64. The minimum absolute atomic E-state index is 0. The van der Waals surface area contributed by atoms with Gasteiger partial charge in [-0.2, -0.15) is 0 Å². The molecule has 1 saturated heterocycles. The van der Waals surface area contributed by atoms with Gasteiger partial charge in [-0.25, -0.2) is 4.98 Å². The van der Waals surface area contributed by atoms with Crippen molar-refractivity contribution in [1.29, 1.82) is 0 Å². The number of carbonyl (C=O) groups is 1. The van der Waals surface area contributed by atoms with Crippen molar-refractivity contribution in [2.75, 3.05) is 25.6 Å². The van der Waals surface area contributed by atoms with E-state index >= 15 is 0 Å². The number of amides is 1. The Labute approximate surface area is 157 Å². The van der Waals surface area contributed by atoms with Gasteiger partial charge in [-0.3, -0.25) is 4.79 Å². The van der Waals surface area contributed by atoms with Crippen molar-refractivity contribution in [3.8, 4) is 17.0 Å². The van der Waals surface area contributed by atoms with Crippen LogP contribution in [0.5, 0.6) is 5.75 Å². The zero-order valence-electron chi connectivity index (χ0n) is 14.4. The lowest BCUT2D eigenvalue weighted by Gasteiger charge is -2.28. The van der Waals surface area contributed by atoms with Crippen molar-refractivity contribution in [2.24, 2.45) is 0 Å². The molecule has 0 aliphatic carbocycles. The number of hydrogen-bond donors (Lipinski definition) is 2. The fourth-order valence-corrected chi connectivity index (χ4v) is 3.52. The summed E-state index contributed by atoms with van der Waals surface area (Å²) in [5.74, 6) is 0.690. The first kappa shape index (κ1) is 19.7. The van der Waals surface area contributed by atoms with Crippen molar-refractivity contribution < 1.29 is 14.3 Å². The van der Waals surface area contributed by atoms with Gasteiger partial charge in [0.1, 0.15) is 11.8 Å². The molecular formula is C17H22ClN3O3S. The Balaban J connectivity index is 0.00000225. The van der Waals surface area contributed by atoms with Crippen LogP contribution < -0.4 is 15.4 Å². The van der Waals surface area contributed by atoms with Gasteiger partial charge in [-0.05, 0) is 38.1 Å². The van der Waals surface area contributed by atoms with Gasteiger partial charge >= 0.3 is 0 Å². The number of morpholine rings is 1. The van der Waals surface area contributed by atoms with Crippen molar-refractivity contribution in [1.82, 2.24) is 10.3 Å². The molecule has 3 rings (SSSR count). The molecule has 0 unspecified atom stereocenters. The molecule has 0 radical (unpaired) electrons. The smallest absolute Gasteiger partial charge is 0.245 e.